The van der Waals surface area contributed by atoms with Crippen molar-refractivity contribution in [3.05, 3.63) is 48.0 Å². The zero-order valence-electron chi connectivity index (χ0n) is 18.0. The number of ether oxygens (including phenoxy) is 3. The van der Waals surface area contributed by atoms with Crippen molar-refractivity contribution in [3.63, 3.8) is 0 Å². The van der Waals surface area contributed by atoms with Crippen molar-refractivity contribution in [3.8, 4) is 11.5 Å². The van der Waals surface area contributed by atoms with Crippen LogP contribution in [-0.4, -0.2) is 48.2 Å². The summed E-state index contributed by atoms with van der Waals surface area (Å²) in [4.78, 5) is 24.9. The molecule has 2 aromatic rings. The van der Waals surface area contributed by atoms with Crippen molar-refractivity contribution in [2.24, 2.45) is 0 Å². The fraction of sp³-hybridized carbons (Fsp3) is 0.273. The van der Waals surface area contributed by atoms with Gasteiger partial charge in [0.1, 0.15) is 4.90 Å². The first-order chi connectivity index (χ1) is 15.3. The van der Waals surface area contributed by atoms with E-state index in [4.69, 9.17) is 9.47 Å². The molecule has 1 N–H and O–H groups in total. The quantitative estimate of drug-likeness (QED) is 0.476. The molecule has 9 nitrogen and oxygen atoms in total. The van der Waals surface area contributed by atoms with Gasteiger partial charge < -0.3 is 19.1 Å². The Morgan fingerprint density at radius 3 is 2.53 bits per heavy atom. The van der Waals surface area contributed by atoms with Gasteiger partial charge in [-0.1, -0.05) is 6.07 Å². The van der Waals surface area contributed by atoms with Crippen LogP contribution in [0, 0.1) is 0 Å². The summed E-state index contributed by atoms with van der Waals surface area (Å²) < 4.78 is 44.2. The molecule has 1 fully saturated rings. The average Bonchev–Trinajstić information content (AvgIpc) is 3.22. The summed E-state index contributed by atoms with van der Waals surface area (Å²) in [5.41, 5.74) is 1.30. The van der Waals surface area contributed by atoms with Gasteiger partial charge in [-0.15, -0.1) is 0 Å². The van der Waals surface area contributed by atoms with Gasteiger partial charge in [0.05, 0.1) is 27.0 Å². The van der Waals surface area contributed by atoms with Gasteiger partial charge in [-0.25, -0.2) is 13.2 Å². The van der Waals surface area contributed by atoms with Crippen molar-refractivity contribution in [1.29, 1.82) is 0 Å². The monoisotopic (exact) mass is 460 g/mol. The van der Waals surface area contributed by atoms with Crippen molar-refractivity contribution in [2.75, 3.05) is 37.5 Å². The van der Waals surface area contributed by atoms with E-state index in [1.165, 1.54) is 45.6 Å². The highest BCUT2D eigenvalue weighted by Gasteiger charge is 2.25. The first-order valence-electron chi connectivity index (χ1n) is 9.74. The Kier molecular flexibility index (Phi) is 7.04. The predicted molar refractivity (Wildman–Crippen MR) is 119 cm³/mol. The van der Waals surface area contributed by atoms with Crippen LogP contribution in [0.5, 0.6) is 11.5 Å². The fourth-order valence-electron chi connectivity index (χ4n) is 3.35. The maximum atomic E-state index is 13.2. The number of esters is 1. The second kappa shape index (κ2) is 9.73. The summed E-state index contributed by atoms with van der Waals surface area (Å²) in [6.07, 6.45) is 3.81. The lowest BCUT2D eigenvalue weighted by Gasteiger charge is -2.18. The zero-order chi connectivity index (χ0) is 23.3. The molecule has 0 radical (unpaired) electrons. The van der Waals surface area contributed by atoms with Crippen LogP contribution in [0.2, 0.25) is 0 Å². The summed E-state index contributed by atoms with van der Waals surface area (Å²) in [5.74, 6) is -0.394. The molecular formula is C22H24N2O7S. The highest BCUT2D eigenvalue weighted by molar-refractivity contribution is 7.92. The molecule has 1 aliphatic heterocycles. The molecule has 170 valence electrons. The Bertz CT molecular complexity index is 1160. The molecule has 1 saturated heterocycles. The molecule has 0 unspecified atom stereocenters. The molecule has 0 saturated carbocycles. The summed E-state index contributed by atoms with van der Waals surface area (Å²) >= 11 is 0. The van der Waals surface area contributed by atoms with E-state index in [0.29, 0.717) is 29.9 Å². The molecule has 0 atom stereocenters. The largest absolute Gasteiger partial charge is 0.493 e. The molecule has 10 heteroatoms. The number of sulfonamides is 1. The summed E-state index contributed by atoms with van der Waals surface area (Å²) in [7, 11) is -0.162. The SMILES string of the molecule is COC(=O)/C=C\c1cc(OC)c(OC)c(S(=O)(=O)Nc2cccc(N3CCCC3=O)c2)c1. The first-order valence-corrected chi connectivity index (χ1v) is 11.2. The Morgan fingerprint density at radius 2 is 1.91 bits per heavy atom. The van der Waals surface area contributed by atoms with E-state index in [2.05, 4.69) is 9.46 Å². The zero-order valence-corrected chi connectivity index (χ0v) is 18.8. The number of hydrogen-bond donors (Lipinski definition) is 1. The van der Waals surface area contributed by atoms with E-state index >= 15 is 0 Å². The smallest absolute Gasteiger partial charge is 0.330 e. The number of hydrogen-bond acceptors (Lipinski definition) is 7. The van der Waals surface area contributed by atoms with Crippen molar-refractivity contribution in [1.82, 2.24) is 0 Å². The average molecular weight is 461 g/mol. The molecule has 1 heterocycles. The minimum absolute atomic E-state index is 0.00140. The molecule has 0 aliphatic carbocycles. The molecule has 1 aliphatic rings. The molecule has 0 aromatic heterocycles. The molecule has 2 aromatic carbocycles. The maximum absolute atomic E-state index is 13.2. The summed E-state index contributed by atoms with van der Waals surface area (Å²) in [6, 6.07) is 9.51. The molecule has 32 heavy (non-hydrogen) atoms. The van der Waals surface area contributed by atoms with Gasteiger partial charge in [0.15, 0.2) is 11.5 Å². The number of benzene rings is 2. The number of nitrogens with zero attached hydrogens (tertiary/aromatic N) is 1. The van der Waals surface area contributed by atoms with Gasteiger partial charge in [-0.3, -0.25) is 9.52 Å². The Balaban J connectivity index is 1.99. The summed E-state index contributed by atoms with van der Waals surface area (Å²) in [6.45, 7) is 0.592. The van der Waals surface area contributed by atoms with E-state index < -0.39 is 16.0 Å². The van der Waals surface area contributed by atoms with Crippen molar-refractivity contribution in [2.45, 2.75) is 17.7 Å². The lowest BCUT2D eigenvalue weighted by atomic mass is 10.2. The lowest BCUT2D eigenvalue weighted by Crippen LogP contribution is -2.23. The van der Waals surface area contributed by atoms with Crippen LogP contribution in [0.4, 0.5) is 11.4 Å². The number of carbonyl (C=O) groups excluding carboxylic acids is 2. The van der Waals surface area contributed by atoms with Gasteiger partial charge in [-0.05, 0) is 48.4 Å². The van der Waals surface area contributed by atoms with Crippen LogP contribution in [0.15, 0.2) is 47.4 Å². The number of anilines is 2. The minimum atomic E-state index is -4.12. The molecule has 3 rings (SSSR count). The van der Waals surface area contributed by atoms with Gasteiger partial charge >= 0.3 is 5.97 Å². The third kappa shape index (κ3) is 5.02. The highest BCUT2D eigenvalue weighted by atomic mass is 32.2. The normalized spacial score (nSPS) is 14.0. The maximum Gasteiger partial charge on any atom is 0.330 e. The molecule has 1 amide bonds. The van der Waals surface area contributed by atoms with Crippen LogP contribution in [0.1, 0.15) is 18.4 Å². The van der Waals surface area contributed by atoms with Crippen LogP contribution in [0.25, 0.3) is 6.08 Å². The van der Waals surface area contributed by atoms with E-state index in [1.54, 1.807) is 29.2 Å². The van der Waals surface area contributed by atoms with Crippen LogP contribution >= 0.6 is 0 Å². The fourth-order valence-corrected chi connectivity index (χ4v) is 4.61. The van der Waals surface area contributed by atoms with E-state index in [0.717, 1.165) is 6.42 Å². The van der Waals surface area contributed by atoms with Gasteiger partial charge in [0, 0.05) is 24.7 Å². The third-order valence-electron chi connectivity index (χ3n) is 4.85. The highest BCUT2D eigenvalue weighted by Crippen LogP contribution is 2.37. The van der Waals surface area contributed by atoms with Crippen molar-refractivity contribution >= 4 is 39.4 Å². The Labute approximate surface area is 186 Å². The lowest BCUT2D eigenvalue weighted by molar-refractivity contribution is -0.134. The van der Waals surface area contributed by atoms with Gasteiger partial charge in [0.25, 0.3) is 10.0 Å². The van der Waals surface area contributed by atoms with E-state index in [9.17, 15) is 18.0 Å². The number of rotatable bonds is 8. The van der Waals surface area contributed by atoms with Gasteiger partial charge in [0.2, 0.25) is 5.91 Å². The number of nitrogens with one attached hydrogen (secondary N) is 1. The second-order valence-corrected chi connectivity index (χ2v) is 8.57. The predicted octanol–water partition coefficient (Wildman–Crippen LogP) is 2.82. The minimum Gasteiger partial charge on any atom is -0.493 e. The van der Waals surface area contributed by atoms with Gasteiger partial charge in [-0.2, -0.15) is 0 Å². The Morgan fingerprint density at radius 1 is 1.12 bits per heavy atom. The number of amides is 1. The number of methoxy groups -OCH3 is 3. The number of carbonyl (C=O) groups is 2. The van der Waals surface area contributed by atoms with E-state index in [1.807, 2.05) is 0 Å². The summed E-state index contributed by atoms with van der Waals surface area (Å²) in [5, 5.41) is 0. The molecular weight excluding hydrogens is 436 g/mol. The van der Waals surface area contributed by atoms with Crippen molar-refractivity contribution < 1.29 is 32.2 Å². The van der Waals surface area contributed by atoms with Crippen LogP contribution in [0.3, 0.4) is 0 Å². The Hall–Kier alpha value is -3.53. The third-order valence-corrected chi connectivity index (χ3v) is 6.24. The van der Waals surface area contributed by atoms with E-state index in [-0.39, 0.29) is 22.3 Å². The topological polar surface area (TPSA) is 111 Å². The molecule has 0 spiro atoms. The van der Waals surface area contributed by atoms with Crippen LogP contribution < -0.4 is 19.1 Å². The first kappa shape index (κ1) is 23.1. The second-order valence-electron chi connectivity index (χ2n) is 6.92. The molecule has 0 bridgehead atoms. The van der Waals surface area contributed by atoms with Crippen LogP contribution in [-0.2, 0) is 24.3 Å². The standard InChI is InChI=1S/C22H24N2O7S/c1-29-18-12-15(9-10-21(26)30-2)13-19(22(18)31-3)32(27,28)23-16-6-4-7-17(14-16)24-11-5-8-20(24)25/h4,6-7,9-10,12-14,23H,5,8,11H2,1-3H3/b10-9-.